The fourth-order valence-electron chi connectivity index (χ4n) is 3.62. The Kier molecular flexibility index (Phi) is 9.85. The van der Waals surface area contributed by atoms with Gasteiger partial charge in [0.2, 0.25) is 5.91 Å². The highest BCUT2D eigenvalue weighted by atomic mass is 32.2. The molecule has 0 saturated carbocycles. The number of hydrogen-bond acceptors (Lipinski definition) is 7. The van der Waals surface area contributed by atoms with Crippen LogP contribution in [0.5, 0.6) is 0 Å². The van der Waals surface area contributed by atoms with Crippen LogP contribution >= 0.6 is 11.8 Å². The molecule has 2 N–H and O–H groups in total. The molecule has 1 atom stereocenters. The van der Waals surface area contributed by atoms with E-state index in [9.17, 15) is 14.4 Å². The van der Waals surface area contributed by atoms with Crippen molar-refractivity contribution in [1.82, 2.24) is 20.1 Å². The summed E-state index contributed by atoms with van der Waals surface area (Å²) in [6.07, 6.45) is 0. The lowest BCUT2D eigenvalue weighted by Gasteiger charge is -2.22. The predicted octanol–water partition coefficient (Wildman–Crippen LogP) is 4.64. The van der Waals surface area contributed by atoms with Crippen LogP contribution in [0.3, 0.4) is 0 Å². The summed E-state index contributed by atoms with van der Waals surface area (Å²) in [4.78, 5) is 37.2. The van der Waals surface area contributed by atoms with Crippen LogP contribution in [0.15, 0.2) is 53.7 Å². The van der Waals surface area contributed by atoms with E-state index in [2.05, 4.69) is 20.8 Å². The molecule has 3 rings (SSSR count). The van der Waals surface area contributed by atoms with Gasteiger partial charge in [0.1, 0.15) is 0 Å². The molecule has 9 nitrogen and oxygen atoms in total. The number of amides is 2. The number of benzene rings is 2. The third-order valence-electron chi connectivity index (χ3n) is 5.62. The molecule has 1 aromatic heterocycles. The number of esters is 1. The van der Waals surface area contributed by atoms with Crippen LogP contribution in [0.4, 0.5) is 5.69 Å². The maximum atomic E-state index is 12.9. The number of carbonyl (C=O) groups excluding carboxylic acids is 3. The number of thioether (sulfide) groups is 1. The Balaban J connectivity index is 1.65. The minimum Gasteiger partial charge on any atom is -0.462 e. The summed E-state index contributed by atoms with van der Waals surface area (Å²) in [7, 11) is 0. The average Bonchev–Trinajstić information content (AvgIpc) is 3.29. The molecule has 37 heavy (non-hydrogen) atoms. The molecule has 0 fully saturated rings. The Morgan fingerprint density at radius 3 is 2.22 bits per heavy atom. The standard InChI is InChI=1S/C27H33N5O4S/c1-6-32-24(23(17(3)4)29-25(34)19-10-8-18(5)9-11-19)30-31-27(32)37-16-22(33)28-21-14-12-20(13-15-21)26(35)36-7-2/h8-15,17,23H,6-7,16H2,1-5H3,(H,28,33)(H,29,34)/t23-/m1/s1. The highest BCUT2D eigenvalue weighted by Crippen LogP contribution is 2.26. The number of anilines is 1. The Bertz CT molecular complexity index is 1220. The first-order valence-corrected chi connectivity index (χ1v) is 13.2. The van der Waals surface area contributed by atoms with Crippen molar-refractivity contribution in [3.63, 3.8) is 0 Å². The summed E-state index contributed by atoms with van der Waals surface area (Å²) in [6, 6.07) is 13.6. The lowest BCUT2D eigenvalue weighted by Crippen LogP contribution is -2.33. The fraction of sp³-hybridized carbons (Fsp3) is 0.370. The van der Waals surface area contributed by atoms with Gasteiger partial charge in [-0.2, -0.15) is 0 Å². The van der Waals surface area contributed by atoms with Crippen molar-refractivity contribution in [2.24, 2.45) is 5.92 Å². The van der Waals surface area contributed by atoms with Gasteiger partial charge in [0.25, 0.3) is 5.91 Å². The van der Waals surface area contributed by atoms with Gasteiger partial charge in [-0.3, -0.25) is 9.59 Å². The second-order valence-corrected chi connectivity index (χ2v) is 9.72. The van der Waals surface area contributed by atoms with Crippen LogP contribution in [0, 0.1) is 12.8 Å². The van der Waals surface area contributed by atoms with Crippen LogP contribution in [-0.2, 0) is 16.1 Å². The molecule has 0 spiro atoms. The Hall–Kier alpha value is -3.66. The monoisotopic (exact) mass is 523 g/mol. The van der Waals surface area contributed by atoms with Crippen LogP contribution in [-0.4, -0.2) is 44.9 Å². The van der Waals surface area contributed by atoms with E-state index in [1.54, 1.807) is 43.3 Å². The molecule has 1 heterocycles. The maximum absolute atomic E-state index is 12.9. The summed E-state index contributed by atoms with van der Waals surface area (Å²) in [5.41, 5.74) is 2.67. The highest BCUT2D eigenvalue weighted by molar-refractivity contribution is 7.99. The van der Waals surface area contributed by atoms with E-state index in [4.69, 9.17) is 4.74 Å². The van der Waals surface area contributed by atoms with E-state index in [0.29, 0.717) is 40.9 Å². The summed E-state index contributed by atoms with van der Waals surface area (Å²) >= 11 is 1.27. The third-order valence-corrected chi connectivity index (χ3v) is 6.59. The fourth-order valence-corrected chi connectivity index (χ4v) is 4.43. The second kappa shape index (κ2) is 13.0. The average molecular weight is 524 g/mol. The summed E-state index contributed by atoms with van der Waals surface area (Å²) < 4.78 is 6.89. The molecule has 0 aliphatic rings. The van der Waals surface area contributed by atoms with Crippen molar-refractivity contribution in [3.05, 3.63) is 71.0 Å². The SMILES string of the molecule is CCOC(=O)c1ccc(NC(=O)CSc2nnc([C@H](NC(=O)c3ccc(C)cc3)C(C)C)n2CC)cc1. The van der Waals surface area contributed by atoms with Gasteiger partial charge in [-0.25, -0.2) is 4.79 Å². The molecule has 0 aliphatic heterocycles. The number of rotatable bonds is 11. The molecule has 3 aromatic rings. The van der Waals surface area contributed by atoms with Gasteiger partial charge >= 0.3 is 5.97 Å². The first-order valence-electron chi connectivity index (χ1n) is 12.2. The lowest BCUT2D eigenvalue weighted by molar-refractivity contribution is -0.113. The molecule has 0 unspecified atom stereocenters. The number of carbonyl (C=O) groups is 3. The number of ether oxygens (including phenoxy) is 1. The minimum absolute atomic E-state index is 0.0719. The van der Waals surface area contributed by atoms with Gasteiger partial charge in [0.05, 0.1) is 24.0 Å². The van der Waals surface area contributed by atoms with Gasteiger partial charge in [-0.1, -0.05) is 43.3 Å². The predicted molar refractivity (Wildman–Crippen MR) is 144 cm³/mol. The number of hydrogen-bond donors (Lipinski definition) is 2. The highest BCUT2D eigenvalue weighted by Gasteiger charge is 2.26. The van der Waals surface area contributed by atoms with E-state index >= 15 is 0 Å². The van der Waals surface area contributed by atoms with Gasteiger partial charge in [0, 0.05) is 17.8 Å². The van der Waals surface area contributed by atoms with E-state index in [1.807, 2.05) is 44.4 Å². The van der Waals surface area contributed by atoms with E-state index in [-0.39, 0.29) is 29.5 Å². The Labute approximate surface area is 221 Å². The van der Waals surface area contributed by atoms with Crippen molar-refractivity contribution < 1.29 is 19.1 Å². The molecule has 0 bridgehead atoms. The zero-order valence-corrected chi connectivity index (χ0v) is 22.6. The minimum atomic E-state index is -0.402. The van der Waals surface area contributed by atoms with Gasteiger partial charge < -0.3 is 19.9 Å². The van der Waals surface area contributed by atoms with Crippen LogP contribution in [0.1, 0.15) is 65.8 Å². The van der Waals surface area contributed by atoms with Crippen LogP contribution in [0.25, 0.3) is 0 Å². The number of aromatic nitrogens is 3. The van der Waals surface area contributed by atoms with Crippen LogP contribution in [0.2, 0.25) is 0 Å². The van der Waals surface area contributed by atoms with Crippen LogP contribution < -0.4 is 10.6 Å². The van der Waals surface area contributed by atoms with Crippen molar-refractivity contribution in [2.75, 3.05) is 17.7 Å². The largest absolute Gasteiger partial charge is 0.462 e. The molecule has 0 radical (unpaired) electrons. The first kappa shape index (κ1) is 27.9. The van der Waals surface area contributed by atoms with Crippen molar-refractivity contribution in [2.45, 2.75) is 52.4 Å². The molecule has 0 aliphatic carbocycles. The van der Waals surface area contributed by atoms with E-state index in [1.165, 1.54) is 11.8 Å². The molecular formula is C27H33N5O4S. The Morgan fingerprint density at radius 1 is 0.973 bits per heavy atom. The van der Waals surface area contributed by atoms with E-state index < -0.39 is 5.97 Å². The smallest absolute Gasteiger partial charge is 0.338 e. The Morgan fingerprint density at radius 2 is 1.62 bits per heavy atom. The molecule has 0 saturated heterocycles. The van der Waals surface area contributed by atoms with E-state index in [0.717, 1.165) is 5.56 Å². The number of aryl methyl sites for hydroxylation is 1. The van der Waals surface area contributed by atoms with Gasteiger partial charge in [-0.05, 0) is 63.1 Å². The number of nitrogens with one attached hydrogen (secondary N) is 2. The zero-order valence-electron chi connectivity index (χ0n) is 21.8. The first-order chi connectivity index (χ1) is 17.7. The zero-order chi connectivity index (χ0) is 26.9. The van der Waals surface area contributed by atoms with Gasteiger partial charge in [-0.15, -0.1) is 10.2 Å². The third kappa shape index (κ3) is 7.42. The van der Waals surface area contributed by atoms with Crippen molar-refractivity contribution in [1.29, 1.82) is 0 Å². The lowest BCUT2D eigenvalue weighted by atomic mass is 10.0. The summed E-state index contributed by atoms with van der Waals surface area (Å²) in [5.74, 6) is 0.0550. The molecule has 10 heteroatoms. The quantitative estimate of drug-likeness (QED) is 0.278. The maximum Gasteiger partial charge on any atom is 0.338 e. The molecule has 196 valence electrons. The molecule has 2 amide bonds. The second-order valence-electron chi connectivity index (χ2n) is 8.78. The normalized spacial score (nSPS) is 11.7. The number of nitrogens with zero attached hydrogens (tertiary/aromatic N) is 3. The topological polar surface area (TPSA) is 115 Å². The summed E-state index contributed by atoms with van der Waals surface area (Å²) in [6.45, 7) is 10.6. The van der Waals surface area contributed by atoms with Crippen molar-refractivity contribution >= 4 is 35.2 Å². The van der Waals surface area contributed by atoms with Crippen molar-refractivity contribution in [3.8, 4) is 0 Å². The van der Waals surface area contributed by atoms with Gasteiger partial charge in [0.15, 0.2) is 11.0 Å². The summed E-state index contributed by atoms with van der Waals surface area (Å²) in [5, 5.41) is 15.2. The molecule has 2 aromatic carbocycles. The molecular weight excluding hydrogens is 490 g/mol.